The molecular formula is C23H21FN6O. The molecule has 0 aliphatic carbocycles. The molecule has 0 spiro atoms. The first-order valence-electron chi connectivity index (χ1n) is 10.1. The molecule has 5 rings (SSSR count). The first-order valence-corrected chi connectivity index (χ1v) is 10.1. The molecule has 156 valence electrons. The molecule has 0 saturated heterocycles. The van der Waals surface area contributed by atoms with Gasteiger partial charge < -0.3 is 11.1 Å². The van der Waals surface area contributed by atoms with Crippen LogP contribution >= 0.6 is 0 Å². The van der Waals surface area contributed by atoms with Crippen LogP contribution in [0.4, 0.5) is 21.7 Å². The molecule has 1 aliphatic rings. The second-order valence-electron chi connectivity index (χ2n) is 7.83. The SMILES string of the molecule is Cc1ccncc1-c1cc2cc(Nc3cc4n(n3)CC(=O)CCC4)ncc2c(N)c1F. The van der Waals surface area contributed by atoms with Crippen LogP contribution < -0.4 is 11.1 Å². The maximum Gasteiger partial charge on any atom is 0.154 e. The van der Waals surface area contributed by atoms with Crippen LogP contribution in [0, 0.1) is 12.7 Å². The molecule has 0 amide bonds. The number of hydrogen-bond acceptors (Lipinski definition) is 6. The average molecular weight is 416 g/mol. The lowest BCUT2D eigenvalue weighted by atomic mass is 9.98. The van der Waals surface area contributed by atoms with Gasteiger partial charge in [0.15, 0.2) is 17.4 Å². The van der Waals surface area contributed by atoms with Crippen molar-refractivity contribution >= 4 is 33.9 Å². The lowest BCUT2D eigenvalue weighted by Gasteiger charge is -2.12. The Labute approximate surface area is 178 Å². The molecule has 0 unspecified atom stereocenters. The number of hydrogen-bond donors (Lipinski definition) is 2. The fraction of sp³-hybridized carbons (Fsp3) is 0.217. The Balaban J connectivity index is 1.53. The number of nitrogens with zero attached hydrogens (tertiary/aromatic N) is 4. The van der Waals surface area contributed by atoms with Gasteiger partial charge in [-0.2, -0.15) is 5.10 Å². The summed E-state index contributed by atoms with van der Waals surface area (Å²) in [5.41, 5.74) is 9.19. The number of nitrogens with one attached hydrogen (secondary N) is 1. The number of aryl methyl sites for hydroxylation is 2. The Bertz CT molecular complexity index is 1330. The third-order valence-electron chi connectivity index (χ3n) is 5.66. The first-order chi connectivity index (χ1) is 15.0. The number of rotatable bonds is 3. The molecule has 7 nitrogen and oxygen atoms in total. The van der Waals surface area contributed by atoms with Gasteiger partial charge in [0.1, 0.15) is 5.82 Å². The summed E-state index contributed by atoms with van der Waals surface area (Å²) in [4.78, 5) is 20.4. The van der Waals surface area contributed by atoms with Crippen molar-refractivity contribution in [3.63, 3.8) is 0 Å². The maximum absolute atomic E-state index is 15.0. The summed E-state index contributed by atoms with van der Waals surface area (Å²) in [6, 6.07) is 7.35. The number of nitrogen functional groups attached to an aromatic ring is 1. The number of nitrogens with two attached hydrogens (primary N) is 1. The summed E-state index contributed by atoms with van der Waals surface area (Å²) in [7, 11) is 0. The predicted octanol–water partition coefficient (Wildman–Crippen LogP) is 4.17. The van der Waals surface area contributed by atoms with Crippen molar-refractivity contribution < 1.29 is 9.18 Å². The van der Waals surface area contributed by atoms with Gasteiger partial charge in [-0.1, -0.05) is 0 Å². The molecule has 1 aromatic carbocycles. The monoisotopic (exact) mass is 416 g/mol. The van der Waals surface area contributed by atoms with Gasteiger partial charge in [0, 0.05) is 53.3 Å². The zero-order valence-corrected chi connectivity index (χ0v) is 17.0. The van der Waals surface area contributed by atoms with Crippen molar-refractivity contribution in [1.82, 2.24) is 19.7 Å². The standard InChI is InChI=1S/C23H21FN6O/c1-13-5-6-26-10-18(13)17-7-14-8-20(27-11-19(14)23(25)22(17)24)28-21-9-15-3-2-4-16(31)12-30(15)29-21/h5-11H,2-4,12,25H2,1H3,(H,27,28,29). The topological polar surface area (TPSA) is 98.7 Å². The molecule has 8 heteroatoms. The summed E-state index contributed by atoms with van der Waals surface area (Å²) in [6.07, 6.45) is 7.11. The summed E-state index contributed by atoms with van der Waals surface area (Å²) >= 11 is 0. The lowest BCUT2D eigenvalue weighted by molar-refractivity contribution is -0.119. The van der Waals surface area contributed by atoms with E-state index in [1.54, 1.807) is 29.3 Å². The van der Waals surface area contributed by atoms with Gasteiger partial charge in [-0.15, -0.1) is 0 Å². The van der Waals surface area contributed by atoms with E-state index >= 15 is 4.39 Å². The van der Waals surface area contributed by atoms with Gasteiger partial charge in [0.2, 0.25) is 0 Å². The van der Waals surface area contributed by atoms with Crippen molar-refractivity contribution in [3.8, 4) is 11.1 Å². The molecule has 3 N–H and O–H groups in total. The average Bonchev–Trinajstić information content (AvgIpc) is 3.02. The fourth-order valence-corrected chi connectivity index (χ4v) is 4.01. The fourth-order valence-electron chi connectivity index (χ4n) is 4.01. The molecule has 4 heterocycles. The number of ketones is 1. The Kier molecular flexibility index (Phi) is 4.62. The normalized spacial score (nSPS) is 13.8. The second kappa shape index (κ2) is 7.46. The number of fused-ring (bicyclic) bond motifs is 2. The van der Waals surface area contributed by atoms with E-state index in [1.807, 2.05) is 25.1 Å². The predicted molar refractivity (Wildman–Crippen MR) is 118 cm³/mol. The maximum atomic E-state index is 15.0. The van der Waals surface area contributed by atoms with Gasteiger partial charge in [-0.05, 0) is 48.9 Å². The van der Waals surface area contributed by atoms with Crippen LogP contribution in [0.5, 0.6) is 0 Å². The highest BCUT2D eigenvalue weighted by molar-refractivity contribution is 5.98. The van der Waals surface area contributed by atoms with E-state index in [2.05, 4.69) is 20.4 Å². The van der Waals surface area contributed by atoms with E-state index in [4.69, 9.17) is 5.73 Å². The van der Waals surface area contributed by atoms with Crippen LogP contribution in [0.1, 0.15) is 24.1 Å². The van der Waals surface area contributed by atoms with Gasteiger partial charge in [-0.3, -0.25) is 14.5 Å². The number of Topliss-reactive ketones (excluding diaryl/α,β-unsaturated/α-hetero) is 1. The Morgan fingerprint density at radius 1 is 1.13 bits per heavy atom. The molecule has 4 aromatic rings. The van der Waals surface area contributed by atoms with Crippen molar-refractivity contribution in [1.29, 1.82) is 0 Å². The summed E-state index contributed by atoms with van der Waals surface area (Å²) in [5, 5.41) is 8.99. The number of carbonyl (C=O) groups is 1. The van der Waals surface area contributed by atoms with Crippen LogP contribution in [0.3, 0.4) is 0 Å². The summed E-state index contributed by atoms with van der Waals surface area (Å²) < 4.78 is 16.7. The third kappa shape index (κ3) is 3.50. The van der Waals surface area contributed by atoms with Crippen molar-refractivity contribution in [2.24, 2.45) is 0 Å². The van der Waals surface area contributed by atoms with Crippen molar-refractivity contribution in [3.05, 3.63) is 59.9 Å². The lowest BCUT2D eigenvalue weighted by Crippen LogP contribution is -2.10. The molecule has 1 aliphatic heterocycles. The van der Waals surface area contributed by atoms with Crippen LogP contribution in [0.15, 0.2) is 42.9 Å². The van der Waals surface area contributed by atoms with Crippen LogP contribution in [0.2, 0.25) is 0 Å². The largest absolute Gasteiger partial charge is 0.396 e. The Hall–Kier alpha value is -3.81. The molecule has 3 aromatic heterocycles. The Morgan fingerprint density at radius 2 is 2.00 bits per heavy atom. The molecular weight excluding hydrogens is 395 g/mol. The summed E-state index contributed by atoms with van der Waals surface area (Å²) in [5.74, 6) is 0.892. The number of carbonyl (C=O) groups excluding carboxylic acids is 1. The second-order valence-corrected chi connectivity index (χ2v) is 7.83. The van der Waals surface area contributed by atoms with E-state index in [0.717, 1.165) is 29.5 Å². The number of benzene rings is 1. The van der Waals surface area contributed by atoms with Crippen LogP contribution in [0.25, 0.3) is 21.9 Å². The van der Waals surface area contributed by atoms with Crippen LogP contribution in [-0.2, 0) is 17.8 Å². The molecule has 0 bridgehead atoms. The van der Waals surface area contributed by atoms with Crippen molar-refractivity contribution in [2.45, 2.75) is 32.7 Å². The number of pyridine rings is 2. The first kappa shape index (κ1) is 19.2. The Morgan fingerprint density at radius 3 is 2.84 bits per heavy atom. The minimum atomic E-state index is -0.478. The van der Waals surface area contributed by atoms with Gasteiger partial charge >= 0.3 is 0 Å². The molecule has 0 saturated carbocycles. The minimum Gasteiger partial charge on any atom is -0.396 e. The number of aromatic nitrogens is 4. The minimum absolute atomic E-state index is 0.0574. The van der Waals surface area contributed by atoms with Gasteiger partial charge in [-0.25, -0.2) is 9.37 Å². The molecule has 0 atom stereocenters. The van der Waals surface area contributed by atoms with E-state index in [9.17, 15) is 4.79 Å². The zero-order chi connectivity index (χ0) is 21.5. The van der Waals surface area contributed by atoms with E-state index < -0.39 is 5.82 Å². The van der Waals surface area contributed by atoms with Crippen LogP contribution in [-0.4, -0.2) is 25.5 Å². The summed E-state index contributed by atoms with van der Waals surface area (Å²) in [6.45, 7) is 2.20. The highest BCUT2D eigenvalue weighted by atomic mass is 19.1. The van der Waals surface area contributed by atoms with E-state index in [1.165, 1.54) is 0 Å². The smallest absolute Gasteiger partial charge is 0.154 e. The number of anilines is 3. The van der Waals surface area contributed by atoms with E-state index in [0.29, 0.717) is 41.1 Å². The molecule has 0 fully saturated rings. The zero-order valence-electron chi connectivity index (χ0n) is 17.0. The highest BCUT2D eigenvalue weighted by Gasteiger charge is 2.17. The van der Waals surface area contributed by atoms with Gasteiger partial charge in [0.25, 0.3) is 0 Å². The van der Waals surface area contributed by atoms with E-state index in [-0.39, 0.29) is 11.5 Å². The highest BCUT2D eigenvalue weighted by Crippen LogP contribution is 2.35. The molecule has 0 radical (unpaired) electrons. The van der Waals surface area contributed by atoms with Gasteiger partial charge in [0.05, 0.1) is 12.2 Å². The number of halogens is 1. The molecule has 31 heavy (non-hydrogen) atoms. The third-order valence-corrected chi connectivity index (χ3v) is 5.66. The quantitative estimate of drug-likeness (QED) is 0.486. The van der Waals surface area contributed by atoms with Crippen molar-refractivity contribution in [2.75, 3.05) is 11.1 Å².